The van der Waals surface area contributed by atoms with Crippen LogP contribution in [0.4, 0.5) is 0 Å². The lowest BCUT2D eigenvalue weighted by Gasteiger charge is -2.19. The summed E-state index contributed by atoms with van der Waals surface area (Å²) in [6, 6.07) is 14.4. The highest BCUT2D eigenvalue weighted by atomic mass is 15.4. The summed E-state index contributed by atoms with van der Waals surface area (Å²) in [5, 5.41) is 9.22. The summed E-state index contributed by atoms with van der Waals surface area (Å²) in [6.07, 6.45) is 10.2. The molecule has 4 aromatic heterocycles. The zero-order chi connectivity index (χ0) is 19.9. The van der Waals surface area contributed by atoms with Crippen molar-refractivity contribution in [3.05, 3.63) is 78.0 Å². The van der Waals surface area contributed by atoms with Gasteiger partial charge in [-0.1, -0.05) is 12.1 Å². The smallest absolute Gasteiger partial charge is 0.179 e. The van der Waals surface area contributed by atoms with Crippen molar-refractivity contribution < 1.29 is 0 Å². The topological polar surface area (TPSA) is 77.2 Å². The van der Waals surface area contributed by atoms with E-state index in [0.29, 0.717) is 6.54 Å². The number of nitrogens with one attached hydrogen (secondary N) is 1. The zero-order valence-electron chi connectivity index (χ0n) is 16.5. The second-order valence-electron chi connectivity index (χ2n) is 7.71. The molecular formula is C23H21N7. The maximum atomic E-state index is 4.91. The first-order chi connectivity index (χ1) is 14.8. The third kappa shape index (κ3) is 2.90. The molecule has 1 aromatic carbocycles. The molecule has 1 N–H and O–H groups in total. The average molecular weight is 395 g/mol. The molecule has 0 unspecified atom stereocenters. The fourth-order valence-electron chi connectivity index (χ4n) is 4.34. The molecule has 0 aliphatic heterocycles. The van der Waals surface area contributed by atoms with Crippen LogP contribution in [0.1, 0.15) is 29.8 Å². The van der Waals surface area contributed by atoms with E-state index < -0.39 is 0 Å². The molecular weight excluding hydrogens is 374 g/mol. The maximum Gasteiger partial charge on any atom is 0.179 e. The Balaban J connectivity index is 1.53. The van der Waals surface area contributed by atoms with Crippen molar-refractivity contribution in [2.24, 2.45) is 0 Å². The number of aromatic nitrogens is 7. The Bertz CT molecular complexity index is 1290. The first-order valence-electron chi connectivity index (χ1n) is 10.3. The lowest BCUT2D eigenvalue weighted by atomic mass is 9.90. The first-order valence-corrected chi connectivity index (χ1v) is 10.3. The SMILES string of the molecule is c1cc2c(c(-n3nc(Cn4cccn4)nc3-c3cc4ncccc4[nH]3)c1)CCCC2. The number of pyridine rings is 1. The molecule has 0 atom stereocenters. The molecule has 1 aliphatic rings. The molecule has 0 radical (unpaired) electrons. The average Bonchev–Trinajstić information content (AvgIpc) is 3.53. The third-order valence-corrected chi connectivity index (χ3v) is 5.74. The monoisotopic (exact) mass is 395 g/mol. The van der Waals surface area contributed by atoms with Gasteiger partial charge in [0.15, 0.2) is 11.6 Å². The van der Waals surface area contributed by atoms with Gasteiger partial charge in [0.25, 0.3) is 0 Å². The van der Waals surface area contributed by atoms with Crippen molar-refractivity contribution in [1.82, 2.24) is 34.5 Å². The van der Waals surface area contributed by atoms with E-state index in [9.17, 15) is 0 Å². The van der Waals surface area contributed by atoms with Gasteiger partial charge in [-0.05, 0) is 67.1 Å². The van der Waals surface area contributed by atoms with Crippen LogP contribution in [0.5, 0.6) is 0 Å². The van der Waals surface area contributed by atoms with Gasteiger partial charge in [-0.3, -0.25) is 9.67 Å². The van der Waals surface area contributed by atoms with E-state index in [1.807, 2.05) is 39.8 Å². The number of hydrogen-bond acceptors (Lipinski definition) is 4. The van der Waals surface area contributed by atoms with Gasteiger partial charge in [0.05, 0.1) is 22.4 Å². The third-order valence-electron chi connectivity index (χ3n) is 5.74. The number of fused-ring (bicyclic) bond motifs is 2. The summed E-state index contributed by atoms with van der Waals surface area (Å²) in [5.74, 6) is 1.53. The standard InChI is InChI=1S/C23H21N7/c1-2-8-17-16(6-1)7-3-10-21(17)30-23(20-14-19-18(26-20)9-4-11-24-19)27-22(28-30)15-29-13-5-12-25-29/h3-5,7,9-14,26H,1-2,6,8,15H2. The van der Waals surface area contributed by atoms with Crippen LogP contribution in [0.2, 0.25) is 0 Å². The molecule has 7 heteroatoms. The fourth-order valence-corrected chi connectivity index (χ4v) is 4.34. The lowest BCUT2D eigenvalue weighted by molar-refractivity contribution is 0.648. The highest BCUT2D eigenvalue weighted by Gasteiger charge is 2.21. The van der Waals surface area contributed by atoms with Crippen LogP contribution in [0.15, 0.2) is 61.1 Å². The number of hydrogen-bond donors (Lipinski definition) is 1. The van der Waals surface area contributed by atoms with Crippen LogP contribution in [-0.4, -0.2) is 34.5 Å². The number of nitrogens with zero attached hydrogens (tertiary/aromatic N) is 6. The van der Waals surface area contributed by atoms with E-state index in [4.69, 9.17) is 10.1 Å². The minimum absolute atomic E-state index is 0.528. The van der Waals surface area contributed by atoms with Crippen LogP contribution in [0, 0.1) is 0 Å². The molecule has 7 nitrogen and oxygen atoms in total. The predicted octanol–water partition coefficient (Wildman–Crippen LogP) is 3.93. The number of H-pyrrole nitrogens is 1. The number of rotatable bonds is 4. The summed E-state index contributed by atoms with van der Waals surface area (Å²) < 4.78 is 3.84. The summed E-state index contributed by atoms with van der Waals surface area (Å²) >= 11 is 0. The Morgan fingerprint density at radius 3 is 2.87 bits per heavy atom. The van der Waals surface area contributed by atoms with Crippen molar-refractivity contribution in [3.8, 4) is 17.2 Å². The molecule has 5 aromatic rings. The summed E-state index contributed by atoms with van der Waals surface area (Å²) in [7, 11) is 0. The second kappa shape index (κ2) is 6.95. The van der Waals surface area contributed by atoms with Gasteiger partial charge in [-0.25, -0.2) is 9.67 Å². The van der Waals surface area contributed by atoms with E-state index in [2.05, 4.69) is 33.3 Å². The maximum absolute atomic E-state index is 4.91. The molecule has 1 aliphatic carbocycles. The van der Waals surface area contributed by atoms with E-state index >= 15 is 0 Å². The number of benzene rings is 1. The molecule has 6 rings (SSSR count). The van der Waals surface area contributed by atoms with E-state index in [-0.39, 0.29) is 0 Å². The van der Waals surface area contributed by atoms with Crippen molar-refractivity contribution >= 4 is 11.0 Å². The fraction of sp³-hybridized carbons (Fsp3) is 0.217. The van der Waals surface area contributed by atoms with Gasteiger partial charge < -0.3 is 4.98 Å². The van der Waals surface area contributed by atoms with Crippen LogP contribution >= 0.6 is 0 Å². The largest absolute Gasteiger partial charge is 0.351 e. The van der Waals surface area contributed by atoms with Gasteiger partial charge in [0.1, 0.15) is 6.54 Å². The molecule has 0 saturated heterocycles. The predicted molar refractivity (Wildman–Crippen MR) is 114 cm³/mol. The second-order valence-corrected chi connectivity index (χ2v) is 7.71. The normalized spacial score (nSPS) is 13.6. The Morgan fingerprint density at radius 2 is 1.97 bits per heavy atom. The molecule has 0 spiro atoms. The van der Waals surface area contributed by atoms with Crippen LogP contribution in [0.25, 0.3) is 28.2 Å². The minimum atomic E-state index is 0.528. The number of aryl methyl sites for hydroxylation is 1. The van der Waals surface area contributed by atoms with Gasteiger partial charge in [-0.2, -0.15) is 5.10 Å². The molecule has 0 amide bonds. The Morgan fingerprint density at radius 1 is 1.00 bits per heavy atom. The first kappa shape index (κ1) is 17.1. The van der Waals surface area contributed by atoms with Gasteiger partial charge in [0.2, 0.25) is 0 Å². The van der Waals surface area contributed by atoms with Crippen molar-refractivity contribution in [3.63, 3.8) is 0 Å². The highest BCUT2D eigenvalue weighted by Crippen LogP contribution is 2.30. The van der Waals surface area contributed by atoms with Crippen LogP contribution in [0.3, 0.4) is 0 Å². The van der Waals surface area contributed by atoms with Crippen molar-refractivity contribution in [2.45, 2.75) is 32.2 Å². The summed E-state index contributed by atoms with van der Waals surface area (Å²) in [6.45, 7) is 0.528. The molecule has 0 saturated carbocycles. The molecule has 0 fully saturated rings. The quantitative estimate of drug-likeness (QED) is 0.500. The van der Waals surface area contributed by atoms with E-state index in [0.717, 1.165) is 46.9 Å². The molecule has 30 heavy (non-hydrogen) atoms. The van der Waals surface area contributed by atoms with E-state index in [1.165, 1.54) is 24.0 Å². The highest BCUT2D eigenvalue weighted by molar-refractivity contribution is 5.81. The van der Waals surface area contributed by atoms with Gasteiger partial charge >= 0.3 is 0 Å². The molecule has 4 heterocycles. The Hall–Kier alpha value is -3.74. The van der Waals surface area contributed by atoms with Crippen molar-refractivity contribution in [2.75, 3.05) is 0 Å². The zero-order valence-corrected chi connectivity index (χ0v) is 16.5. The summed E-state index contributed by atoms with van der Waals surface area (Å²) in [5.41, 5.74) is 6.75. The molecule has 0 bridgehead atoms. The van der Waals surface area contributed by atoms with E-state index in [1.54, 1.807) is 12.4 Å². The minimum Gasteiger partial charge on any atom is -0.351 e. The van der Waals surface area contributed by atoms with Crippen LogP contribution in [-0.2, 0) is 19.4 Å². The van der Waals surface area contributed by atoms with Gasteiger partial charge in [0, 0.05) is 18.6 Å². The van der Waals surface area contributed by atoms with Crippen LogP contribution < -0.4 is 0 Å². The Kier molecular flexibility index (Phi) is 3.97. The lowest BCUT2D eigenvalue weighted by Crippen LogP contribution is -2.10. The number of aromatic amines is 1. The van der Waals surface area contributed by atoms with Crippen molar-refractivity contribution in [1.29, 1.82) is 0 Å². The Labute approximate surface area is 173 Å². The van der Waals surface area contributed by atoms with Gasteiger partial charge in [-0.15, -0.1) is 5.10 Å². The summed E-state index contributed by atoms with van der Waals surface area (Å²) in [4.78, 5) is 12.8. The molecule has 148 valence electrons.